The number of alkyl halides is 1. The Hall–Kier alpha value is -10.2. The van der Waals surface area contributed by atoms with E-state index in [9.17, 15) is 42.3 Å². The standard InChI is InChI=1S/C22H16ClFN4O.C15H14FN3.C14H10O4.C8H7BrClNO2.C8H8ClNO2.C4H4BrNO2/c1-27-10-17-8-13(4-6-19(17)26-27)14-2-3-15(18(24)9-14)11-28-12-16-5-7-20(23)25-21(16)22(28)29;1-19-9-13-6-10(4-5-15(13)18-19)11-2-3-12(8-17)14(16)7-11;15-13(11-7-3-1-4-8-11)17-18-14(16)12-9-5-2-6-10-12;1-13-8(12)7-5(4-9)2-3-6(10)11-7;1-5-3-4-6(9)10-7(5)8(11)12-2;5-6-3(7)1-2-4(6)8/h2-10H,11-12H2,1H3;2-7,9H,8,17H2,1H3;1-10H;2-3H,4H2,1H3;3-4H,1-2H3;1-2H2. The first kappa shape index (κ1) is 74.6. The first-order valence-corrected chi connectivity index (χ1v) is 32.6. The molecule has 28 heteroatoms. The average molecular weight is 1530 g/mol. The summed E-state index contributed by atoms with van der Waals surface area (Å²) >= 11 is 23.2. The number of pyridine rings is 3. The maximum absolute atomic E-state index is 14.8. The van der Waals surface area contributed by atoms with Crippen molar-refractivity contribution in [2.45, 2.75) is 44.7 Å². The van der Waals surface area contributed by atoms with E-state index in [1.807, 2.05) is 75.0 Å². The van der Waals surface area contributed by atoms with Crippen molar-refractivity contribution in [3.8, 4) is 22.3 Å². The third-order valence-corrected chi connectivity index (χ3v) is 16.5. The smallest absolute Gasteiger partial charge is 0.386 e. The van der Waals surface area contributed by atoms with Crippen LogP contribution >= 0.6 is 66.9 Å². The Bertz CT molecular complexity index is 4720. The summed E-state index contributed by atoms with van der Waals surface area (Å²) in [6, 6.07) is 48.8. The molecule has 7 heterocycles. The molecule has 13 rings (SSSR count). The first-order valence-electron chi connectivity index (χ1n) is 29.6. The van der Waals surface area contributed by atoms with Gasteiger partial charge in [0.05, 0.1) is 52.5 Å². The van der Waals surface area contributed by atoms with Crippen LogP contribution in [0, 0.1) is 18.6 Å². The predicted octanol–water partition coefficient (Wildman–Crippen LogP) is 14.7. The highest BCUT2D eigenvalue weighted by Crippen LogP contribution is 2.30. The zero-order valence-corrected chi connectivity index (χ0v) is 58.7. The summed E-state index contributed by atoms with van der Waals surface area (Å²) in [6.45, 7) is 2.57. The third-order valence-electron chi connectivity index (χ3n) is 14.5. The number of esters is 2. The molecule has 508 valence electrons. The van der Waals surface area contributed by atoms with Crippen molar-refractivity contribution in [1.29, 1.82) is 0 Å². The summed E-state index contributed by atoms with van der Waals surface area (Å²) in [5.74, 6) is -3.47. The van der Waals surface area contributed by atoms with Crippen LogP contribution in [-0.4, -0.2) is 99.2 Å². The van der Waals surface area contributed by atoms with E-state index in [1.54, 1.807) is 130 Å². The molecule has 99 heavy (non-hydrogen) atoms. The van der Waals surface area contributed by atoms with E-state index in [4.69, 9.17) is 40.5 Å². The van der Waals surface area contributed by atoms with Gasteiger partial charge in [0.2, 0.25) is 11.8 Å². The second kappa shape index (κ2) is 35.4. The summed E-state index contributed by atoms with van der Waals surface area (Å²) in [5.41, 5.74) is 15.6. The van der Waals surface area contributed by atoms with Gasteiger partial charge in [-0.3, -0.25) is 23.7 Å². The van der Waals surface area contributed by atoms with Gasteiger partial charge in [-0.05, 0) is 119 Å². The molecule has 5 aromatic heterocycles. The molecule has 2 aliphatic rings. The molecule has 1 saturated heterocycles. The Morgan fingerprint density at radius 1 is 0.545 bits per heavy atom. The molecule has 2 aliphatic heterocycles. The molecule has 0 unspecified atom stereocenters. The maximum Gasteiger partial charge on any atom is 0.386 e. The van der Waals surface area contributed by atoms with Crippen molar-refractivity contribution in [3.63, 3.8) is 0 Å². The summed E-state index contributed by atoms with van der Waals surface area (Å²) < 4.78 is 42.2. The van der Waals surface area contributed by atoms with Gasteiger partial charge >= 0.3 is 23.9 Å². The predicted molar refractivity (Wildman–Crippen MR) is 375 cm³/mol. The monoisotopic (exact) mass is 1530 g/mol. The Morgan fingerprint density at radius 2 is 0.980 bits per heavy atom. The first-order chi connectivity index (χ1) is 47.5. The van der Waals surface area contributed by atoms with Crippen LogP contribution in [0.15, 0.2) is 182 Å². The molecule has 0 saturated carbocycles. The zero-order chi connectivity index (χ0) is 71.4. The molecular weight excluding hydrogens is 1470 g/mol. The number of benzene rings is 6. The lowest BCUT2D eigenvalue weighted by molar-refractivity contribution is -0.187. The molecule has 0 aliphatic carbocycles. The number of aromatic nitrogens is 7. The van der Waals surface area contributed by atoms with Gasteiger partial charge in [0, 0.05) is 91.8 Å². The summed E-state index contributed by atoms with van der Waals surface area (Å²) in [5, 5.41) is 12.1. The normalized spacial score (nSPS) is 11.9. The van der Waals surface area contributed by atoms with Crippen LogP contribution in [0.1, 0.15) is 92.8 Å². The van der Waals surface area contributed by atoms with Gasteiger partial charge in [-0.1, -0.05) is 142 Å². The lowest BCUT2D eigenvalue weighted by Crippen LogP contribution is -2.24. The highest BCUT2D eigenvalue weighted by Gasteiger charge is 2.30. The van der Waals surface area contributed by atoms with Gasteiger partial charge in [0.1, 0.15) is 32.8 Å². The number of halogens is 7. The number of carbonyl (C=O) groups is 7. The van der Waals surface area contributed by atoms with Crippen molar-refractivity contribution in [2.75, 3.05) is 14.2 Å². The molecular formula is C71H59Br2Cl3F2N10O11. The number of aryl methyl sites for hydroxylation is 3. The number of ether oxygens (including phenoxy) is 2. The Balaban J connectivity index is 0.000000158. The SMILES string of the molecule is COC(=O)c1nc(Cl)ccc1C.COC(=O)c1nc(Cl)ccc1CBr.Cn1cc2cc(-c3ccc(CN)c(F)c3)ccc2n1.Cn1cc2cc(-c3ccc(CN4Cc5ccc(Cl)nc5C4=O)c(F)c3)ccc2n1.O=C(OOC(=O)c1ccccc1)c1ccccc1.O=C1CCC(=O)N1Br. The molecule has 3 amide bonds. The molecule has 0 spiro atoms. The Kier molecular flexibility index (Phi) is 26.7. The van der Waals surface area contributed by atoms with E-state index in [0.717, 1.165) is 64.7 Å². The van der Waals surface area contributed by atoms with Crippen LogP contribution in [0.3, 0.4) is 0 Å². The third kappa shape index (κ3) is 20.2. The molecule has 11 aromatic rings. The second-order valence-electron chi connectivity index (χ2n) is 21.4. The van der Waals surface area contributed by atoms with Crippen LogP contribution in [0.2, 0.25) is 15.5 Å². The number of hydrogen-bond donors (Lipinski definition) is 1. The van der Waals surface area contributed by atoms with E-state index >= 15 is 0 Å². The van der Waals surface area contributed by atoms with E-state index in [1.165, 1.54) is 26.4 Å². The zero-order valence-electron chi connectivity index (χ0n) is 53.3. The van der Waals surface area contributed by atoms with Crippen molar-refractivity contribution in [3.05, 3.63) is 265 Å². The Labute approximate surface area is 597 Å². The maximum atomic E-state index is 14.8. The fourth-order valence-corrected chi connectivity index (χ4v) is 10.7. The van der Waals surface area contributed by atoms with Gasteiger partial charge in [-0.2, -0.15) is 10.2 Å². The van der Waals surface area contributed by atoms with Gasteiger partial charge in [-0.25, -0.2) is 56.6 Å². The van der Waals surface area contributed by atoms with Crippen LogP contribution in [0.25, 0.3) is 44.1 Å². The van der Waals surface area contributed by atoms with Crippen LogP contribution < -0.4 is 5.73 Å². The number of fused-ring (bicyclic) bond motifs is 3. The van der Waals surface area contributed by atoms with Crippen molar-refractivity contribution in [2.24, 2.45) is 19.8 Å². The fourth-order valence-electron chi connectivity index (χ4n) is 9.47. The largest absolute Gasteiger partial charge is 0.464 e. The fraction of sp³-hybridized carbons (Fsp3) is 0.155. The highest BCUT2D eigenvalue weighted by atomic mass is 79.9. The number of amides is 3. The van der Waals surface area contributed by atoms with Crippen molar-refractivity contribution < 1.29 is 61.6 Å². The van der Waals surface area contributed by atoms with E-state index in [0.29, 0.717) is 57.8 Å². The second-order valence-corrected chi connectivity index (χ2v) is 23.8. The molecule has 21 nitrogen and oxygen atoms in total. The lowest BCUT2D eigenvalue weighted by Gasteiger charge is -2.16. The number of nitrogens with zero attached hydrogens (tertiary/aromatic N) is 9. The molecule has 1 fully saturated rings. The Morgan fingerprint density at radius 3 is 1.44 bits per heavy atom. The quantitative estimate of drug-likeness (QED) is 0.0254. The topological polar surface area (TPSA) is 263 Å². The van der Waals surface area contributed by atoms with Crippen LogP contribution in [-0.2, 0) is 67.9 Å². The summed E-state index contributed by atoms with van der Waals surface area (Å²) in [6.07, 6.45) is 4.58. The van der Waals surface area contributed by atoms with E-state index in [-0.39, 0.29) is 64.1 Å². The molecule has 0 atom stereocenters. The number of nitrogens with two attached hydrogens (primary N) is 1. The summed E-state index contributed by atoms with van der Waals surface area (Å²) in [4.78, 5) is 101. The minimum atomic E-state index is -0.708. The van der Waals surface area contributed by atoms with Crippen LogP contribution in [0.5, 0.6) is 0 Å². The minimum Gasteiger partial charge on any atom is -0.464 e. The van der Waals surface area contributed by atoms with Gasteiger partial charge in [0.25, 0.3) is 5.91 Å². The van der Waals surface area contributed by atoms with Gasteiger partial charge in [-0.15, -0.1) is 0 Å². The van der Waals surface area contributed by atoms with E-state index < -0.39 is 23.9 Å². The van der Waals surface area contributed by atoms with Gasteiger partial charge in [0.15, 0.2) is 11.4 Å². The molecule has 0 radical (unpaired) electrons. The van der Waals surface area contributed by atoms with Crippen molar-refractivity contribution in [1.82, 2.24) is 43.3 Å². The molecule has 6 aromatic carbocycles. The average Bonchev–Trinajstić information content (AvgIpc) is 1.70. The van der Waals surface area contributed by atoms with Crippen molar-refractivity contribution >= 4 is 130 Å². The summed E-state index contributed by atoms with van der Waals surface area (Å²) in [7, 11) is 6.37. The highest BCUT2D eigenvalue weighted by molar-refractivity contribution is 9.08. The molecule has 2 N–H and O–H groups in total. The van der Waals surface area contributed by atoms with Gasteiger partial charge < -0.3 is 20.1 Å². The number of carbonyl (C=O) groups excluding carboxylic acids is 7. The van der Waals surface area contributed by atoms with Crippen LogP contribution in [0.4, 0.5) is 8.78 Å². The minimum absolute atomic E-state index is 0.144. The molecule has 0 bridgehead atoms. The van der Waals surface area contributed by atoms with E-state index in [2.05, 4.69) is 76.5 Å². The number of imide groups is 1. The lowest BCUT2D eigenvalue weighted by atomic mass is 10.0. The number of methoxy groups -OCH3 is 2. The number of rotatable bonds is 10. The number of hydrogen-bond acceptors (Lipinski definition) is 17.